The van der Waals surface area contributed by atoms with Gasteiger partial charge in [0.15, 0.2) is 0 Å². The molecule has 0 aromatic heterocycles. The molecule has 2 amide bonds. The Bertz CT molecular complexity index is 389. The van der Waals surface area contributed by atoms with Crippen molar-refractivity contribution < 1.29 is 19.4 Å². The number of urea groups is 1. The molecular weight excluding hydrogens is 260 g/mol. The second-order valence-electron chi connectivity index (χ2n) is 5.26. The average molecular weight is 282 g/mol. The van der Waals surface area contributed by atoms with Gasteiger partial charge in [0.2, 0.25) is 0 Å². The molecule has 0 aromatic carbocycles. The number of ether oxygens (including phenoxy) is 1. The molecule has 0 spiro atoms. The van der Waals surface area contributed by atoms with Gasteiger partial charge in [-0.15, -0.1) is 0 Å². The fourth-order valence-electron chi connectivity index (χ4n) is 2.70. The number of carboxylic acid groups (broad SMARTS) is 1. The van der Waals surface area contributed by atoms with Crippen molar-refractivity contribution in [3.63, 3.8) is 0 Å². The molecule has 1 fully saturated rings. The van der Waals surface area contributed by atoms with E-state index >= 15 is 0 Å². The van der Waals surface area contributed by atoms with E-state index in [2.05, 4.69) is 5.32 Å². The number of piperidine rings is 1. The van der Waals surface area contributed by atoms with Crippen LogP contribution in [-0.2, 0) is 9.53 Å². The quantitative estimate of drug-likeness (QED) is 0.760. The summed E-state index contributed by atoms with van der Waals surface area (Å²) in [4.78, 5) is 24.7. The van der Waals surface area contributed by atoms with Crippen LogP contribution in [-0.4, -0.2) is 53.8 Å². The minimum absolute atomic E-state index is 0.111. The number of carboxylic acids is 1. The molecule has 1 aliphatic carbocycles. The van der Waals surface area contributed by atoms with Crippen molar-refractivity contribution in [2.45, 2.75) is 38.3 Å². The van der Waals surface area contributed by atoms with Crippen LogP contribution in [0.2, 0.25) is 0 Å². The standard InChI is InChI=1S/C14H22N2O4/c1-2-20-12-5-7-16(8-6-12)14(19)15-11-4-3-10(9-11)13(17)18/h3-4,10-12H,2,5-9H2,1H3,(H,15,19)(H,17,18). The number of carbonyl (C=O) groups is 2. The third-order valence-electron chi connectivity index (χ3n) is 3.84. The highest BCUT2D eigenvalue weighted by molar-refractivity contribution is 5.76. The summed E-state index contributed by atoms with van der Waals surface area (Å²) >= 11 is 0. The molecule has 2 aliphatic rings. The molecule has 20 heavy (non-hydrogen) atoms. The van der Waals surface area contributed by atoms with Crippen molar-refractivity contribution in [3.05, 3.63) is 12.2 Å². The monoisotopic (exact) mass is 282 g/mol. The number of aliphatic carboxylic acids is 1. The van der Waals surface area contributed by atoms with Crippen LogP contribution in [0.3, 0.4) is 0 Å². The molecule has 1 saturated heterocycles. The fraction of sp³-hybridized carbons (Fsp3) is 0.714. The van der Waals surface area contributed by atoms with Crippen LogP contribution >= 0.6 is 0 Å². The van der Waals surface area contributed by atoms with Gasteiger partial charge in [-0.2, -0.15) is 0 Å². The van der Waals surface area contributed by atoms with Crippen LogP contribution < -0.4 is 5.32 Å². The van der Waals surface area contributed by atoms with E-state index in [1.165, 1.54) is 0 Å². The van der Waals surface area contributed by atoms with Crippen molar-refractivity contribution in [1.82, 2.24) is 10.2 Å². The number of nitrogens with one attached hydrogen (secondary N) is 1. The van der Waals surface area contributed by atoms with Crippen LogP contribution in [0, 0.1) is 5.92 Å². The maximum absolute atomic E-state index is 12.1. The number of rotatable bonds is 4. The van der Waals surface area contributed by atoms with Gasteiger partial charge in [0.1, 0.15) is 0 Å². The molecule has 112 valence electrons. The molecule has 2 atom stereocenters. The zero-order chi connectivity index (χ0) is 14.5. The largest absolute Gasteiger partial charge is 0.481 e. The van der Waals surface area contributed by atoms with Crippen molar-refractivity contribution in [3.8, 4) is 0 Å². The van der Waals surface area contributed by atoms with Gasteiger partial charge in [0.25, 0.3) is 0 Å². The summed E-state index contributed by atoms with van der Waals surface area (Å²) in [5.74, 6) is -1.32. The van der Waals surface area contributed by atoms with Crippen LogP contribution in [0.15, 0.2) is 12.2 Å². The summed E-state index contributed by atoms with van der Waals surface area (Å²) < 4.78 is 5.55. The average Bonchev–Trinajstić information content (AvgIpc) is 2.88. The van der Waals surface area contributed by atoms with Crippen molar-refractivity contribution in [2.75, 3.05) is 19.7 Å². The van der Waals surface area contributed by atoms with Gasteiger partial charge in [0, 0.05) is 19.7 Å². The first-order valence-corrected chi connectivity index (χ1v) is 7.18. The summed E-state index contributed by atoms with van der Waals surface area (Å²) in [6, 6.07) is -0.283. The van der Waals surface area contributed by atoms with Crippen LogP contribution in [0.1, 0.15) is 26.2 Å². The third-order valence-corrected chi connectivity index (χ3v) is 3.84. The number of amides is 2. The molecule has 2 unspecified atom stereocenters. The first-order chi connectivity index (χ1) is 9.60. The Morgan fingerprint density at radius 2 is 2.05 bits per heavy atom. The van der Waals surface area contributed by atoms with Crippen LogP contribution in [0.25, 0.3) is 0 Å². The lowest BCUT2D eigenvalue weighted by Crippen LogP contribution is -2.48. The third kappa shape index (κ3) is 3.72. The molecular formula is C14H22N2O4. The zero-order valence-electron chi connectivity index (χ0n) is 11.7. The Labute approximate surface area is 118 Å². The Morgan fingerprint density at radius 1 is 1.35 bits per heavy atom. The maximum atomic E-state index is 12.1. The second-order valence-corrected chi connectivity index (χ2v) is 5.26. The molecule has 6 nitrogen and oxygen atoms in total. The van der Waals surface area contributed by atoms with Gasteiger partial charge in [0.05, 0.1) is 18.1 Å². The molecule has 1 heterocycles. The fourth-order valence-corrected chi connectivity index (χ4v) is 2.70. The Kier molecular flexibility index (Phi) is 5.00. The smallest absolute Gasteiger partial charge is 0.317 e. The summed E-state index contributed by atoms with van der Waals surface area (Å²) in [5, 5.41) is 11.8. The Hall–Kier alpha value is -1.56. The van der Waals surface area contributed by atoms with Crippen molar-refractivity contribution >= 4 is 12.0 Å². The lowest BCUT2D eigenvalue weighted by atomic mass is 10.1. The molecule has 2 rings (SSSR count). The van der Waals surface area contributed by atoms with Gasteiger partial charge in [-0.1, -0.05) is 12.2 Å². The van der Waals surface area contributed by atoms with Gasteiger partial charge >= 0.3 is 12.0 Å². The summed E-state index contributed by atoms with van der Waals surface area (Å²) in [6.07, 6.45) is 5.83. The first kappa shape index (κ1) is 14.8. The second kappa shape index (κ2) is 6.74. The molecule has 0 aromatic rings. The van der Waals surface area contributed by atoms with Gasteiger partial charge in [-0.25, -0.2) is 4.79 Å². The van der Waals surface area contributed by atoms with E-state index in [4.69, 9.17) is 9.84 Å². The van der Waals surface area contributed by atoms with E-state index in [1.54, 1.807) is 17.1 Å². The number of hydrogen-bond donors (Lipinski definition) is 2. The van der Waals surface area contributed by atoms with E-state index in [0.717, 1.165) is 12.8 Å². The highest BCUT2D eigenvalue weighted by Crippen LogP contribution is 2.19. The number of carbonyl (C=O) groups excluding carboxylic acids is 1. The number of nitrogens with zero attached hydrogens (tertiary/aromatic N) is 1. The van der Waals surface area contributed by atoms with E-state index < -0.39 is 11.9 Å². The molecule has 0 bridgehead atoms. The van der Waals surface area contributed by atoms with Gasteiger partial charge in [-0.05, 0) is 26.2 Å². The summed E-state index contributed by atoms with van der Waals surface area (Å²) in [5.41, 5.74) is 0. The minimum Gasteiger partial charge on any atom is -0.481 e. The van der Waals surface area contributed by atoms with Gasteiger partial charge < -0.3 is 20.1 Å². The van der Waals surface area contributed by atoms with Crippen molar-refractivity contribution in [2.24, 2.45) is 5.92 Å². The van der Waals surface area contributed by atoms with E-state index in [1.807, 2.05) is 6.92 Å². The maximum Gasteiger partial charge on any atom is 0.317 e. The summed E-state index contributed by atoms with van der Waals surface area (Å²) in [6.45, 7) is 4.06. The predicted molar refractivity (Wildman–Crippen MR) is 73.4 cm³/mol. The van der Waals surface area contributed by atoms with E-state index in [0.29, 0.717) is 26.1 Å². The predicted octanol–water partition coefficient (Wildman–Crippen LogP) is 1.23. The highest BCUT2D eigenvalue weighted by Gasteiger charge is 2.28. The highest BCUT2D eigenvalue weighted by atomic mass is 16.5. The molecule has 2 N–H and O–H groups in total. The van der Waals surface area contributed by atoms with Crippen LogP contribution in [0.5, 0.6) is 0 Å². The SMILES string of the molecule is CCOC1CCN(C(=O)NC2C=CC(C(=O)O)C2)CC1. The minimum atomic E-state index is -0.837. The first-order valence-electron chi connectivity index (χ1n) is 7.18. The zero-order valence-corrected chi connectivity index (χ0v) is 11.7. The number of likely N-dealkylation sites (tertiary alicyclic amines) is 1. The van der Waals surface area contributed by atoms with E-state index in [-0.39, 0.29) is 18.2 Å². The topological polar surface area (TPSA) is 78.9 Å². The molecule has 6 heteroatoms. The lowest BCUT2D eigenvalue weighted by Gasteiger charge is -2.32. The number of hydrogen-bond acceptors (Lipinski definition) is 3. The van der Waals surface area contributed by atoms with E-state index in [9.17, 15) is 9.59 Å². The lowest BCUT2D eigenvalue weighted by molar-refractivity contribution is -0.140. The Morgan fingerprint density at radius 3 is 2.60 bits per heavy atom. The molecule has 0 radical (unpaired) electrons. The normalized spacial score (nSPS) is 26.8. The summed E-state index contributed by atoms with van der Waals surface area (Å²) in [7, 11) is 0. The Balaban J connectivity index is 1.74. The molecule has 1 aliphatic heterocycles. The van der Waals surface area contributed by atoms with Gasteiger partial charge in [-0.3, -0.25) is 4.79 Å². The van der Waals surface area contributed by atoms with Crippen molar-refractivity contribution in [1.29, 1.82) is 0 Å². The van der Waals surface area contributed by atoms with Crippen LogP contribution in [0.4, 0.5) is 4.79 Å². The molecule has 0 saturated carbocycles.